The van der Waals surface area contributed by atoms with Crippen LogP contribution in [0, 0.1) is 13.8 Å². The van der Waals surface area contributed by atoms with E-state index in [4.69, 9.17) is 6.85 Å². The van der Waals surface area contributed by atoms with Gasteiger partial charge >= 0.3 is 0 Å². The van der Waals surface area contributed by atoms with Crippen LogP contribution in [0.15, 0.2) is 42.6 Å². The maximum atomic E-state index is 8.24. The van der Waals surface area contributed by atoms with Gasteiger partial charge in [0.05, 0.1) is 10.9 Å². The van der Waals surface area contributed by atoms with Gasteiger partial charge in [-0.25, -0.2) is 4.57 Å². The van der Waals surface area contributed by atoms with Crippen molar-refractivity contribution in [3.05, 3.63) is 64.8 Å². The fraction of sp³-hybridized carbons (Fsp3) is 0.348. The summed E-state index contributed by atoms with van der Waals surface area (Å²) in [4.78, 5) is 0. The molecule has 1 heterocycles. The molecular weight excluding hydrogens is 290 g/mol. The third kappa shape index (κ3) is 2.84. The SMILES string of the molecule is [2H]C([2H])([2H])c1cc(-c2c3ccc(C(C)C)cc3cc[n+]2C)c(C)c(C([2H])([2H])C)c1. The first-order valence-electron chi connectivity index (χ1n) is 10.9. The van der Waals surface area contributed by atoms with Gasteiger partial charge in [0.2, 0.25) is 5.69 Å². The van der Waals surface area contributed by atoms with Crippen LogP contribution in [0.5, 0.6) is 0 Å². The molecule has 0 unspecified atom stereocenters. The topological polar surface area (TPSA) is 3.88 Å². The van der Waals surface area contributed by atoms with Gasteiger partial charge in [0.15, 0.2) is 6.20 Å². The van der Waals surface area contributed by atoms with Crippen LogP contribution in [-0.4, -0.2) is 0 Å². The molecule has 0 aliphatic carbocycles. The second kappa shape index (κ2) is 6.39. The summed E-state index contributed by atoms with van der Waals surface area (Å²) < 4.78 is 42.2. The molecule has 1 aromatic heterocycles. The minimum Gasteiger partial charge on any atom is -0.200 e. The van der Waals surface area contributed by atoms with E-state index in [-0.39, 0.29) is 5.56 Å². The lowest BCUT2D eigenvalue weighted by atomic mass is 9.92. The number of pyridine rings is 1. The minimum atomic E-state index is -2.31. The highest BCUT2D eigenvalue weighted by atomic mass is 14.9. The predicted molar refractivity (Wildman–Crippen MR) is 104 cm³/mol. The van der Waals surface area contributed by atoms with Crippen LogP contribution >= 0.6 is 0 Å². The second-order valence-electron chi connectivity index (χ2n) is 6.72. The van der Waals surface area contributed by atoms with E-state index >= 15 is 0 Å². The second-order valence-corrected chi connectivity index (χ2v) is 6.72. The van der Waals surface area contributed by atoms with E-state index in [1.54, 1.807) is 6.07 Å². The van der Waals surface area contributed by atoms with Gasteiger partial charge in [-0.05, 0) is 65.8 Å². The summed E-state index contributed by atoms with van der Waals surface area (Å²) in [5.41, 5.74) is 4.24. The predicted octanol–water partition coefficient (Wildman–Crippen LogP) is 5.63. The quantitative estimate of drug-likeness (QED) is 0.550. The van der Waals surface area contributed by atoms with E-state index in [1.807, 2.05) is 24.7 Å². The van der Waals surface area contributed by atoms with E-state index in [1.165, 1.54) is 18.6 Å². The van der Waals surface area contributed by atoms with Crippen molar-refractivity contribution in [2.24, 2.45) is 7.05 Å². The Morgan fingerprint density at radius 2 is 1.96 bits per heavy atom. The van der Waals surface area contributed by atoms with Crippen LogP contribution < -0.4 is 4.57 Å². The standard InChI is InChI=1S/C23H28N/c1-7-18-12-16(4)13-22(17(18)5)23-21-9-8-19(15(2)3)14-20(21)10-11-24(23)6/h8-15H,7H2,1-6H3/q+1/i4D3,7D2. The summed E-state index contributed by atoms with van der Waals surface area (Å²) in [6.45, 7) is 5.35. The van der Waals surface area contributed by atoms with Crippen molar-refractivity contribution in [2.45, 2.75) is 46.8 Å². The number of aromatic nitrogens is 1. The molecule has 0 saturated heterocycles. The summed E-state index contributed by atoms with van der Waals surface area (Å²) in [5.74, 6) is 0.413. The third-order valence-electron chi connectivity index (χ3n) is 4.76. The number of rotatable bonds is 3. The summed E-state index contributed by atoms with van der Waals surface area (Å²) >= 11 is 0. The van der Waals surface area contributed by atoms with E-state index in [2.05, 4.69) is 38.1 Å². The zero-order valence-corrected chi connectivity index (χ0v) is 15.1. The maximum absolute atomic E-state index is 8.24. The van der Waals surface area contributed by atoms with Gasteiger partial charge in [-0.2, -0.15) is 0 Å². The summed E-state index contributed by atoms with van der Waals surface area (Å²) in [7, 11) is 1.94. The minimum absolute atomic E-state index is 0.162. The van der Waals surface area contributed by atoms with Crippen LogP contribution in [0.4, 0.5) is 0 Å². The molecule has 2 aromatic carbocycles. The Bertz CT molecular complexity index is 1080. The molecule has 1 heteroatoms. The molecule has 0 saturated carbocycles. The first kappa shape index (κ1) is 11.4. The number of aryl methyl sites for hydroxylation is 3. The van der Waals surface area contributed by atoms with E-state index in [0.717, 1.165) is 27.6 Å². The molecule has 0 bridgehead atoms. The average Bonchev–Trinajstić information content (AvgIpc) is 2.60. The lowest BCUT2D eigenvalue weighted by Gasteiger charge is -2.13. The van der Waals surface area contributed by atoms with Crippen molar-refractivity contribution in [1.82, 2.24) is 0 Å². The first-order valence-corrected chi connectivity index (χ1v) is 8.39. The van der Waals surface area contributed by atoms with E-state index in [9.17, 15) is 0 Å². The molecule has 3 aromatic rings. The van der Waals surface area contributed by atoms with Crippen LogP contribution in [0.3, 0.4) is 0 Å². The van der Waals surface area contributed by atoms with Gasteiger partial charge in [0.25, 0.3) is 0 Å². The lowest BCUT2D eigenvalue weighted by molar-refractivity contribution is -0.659. The Labute approximate surface area is 153 Å². The number of hydrogen-bond acceptors (Lipinski definition) is 0. The van der Waals surface area contributed by atoms with Crippen molar-refractivity contribution in [2.75, 3.05) is 0 Å². The molecular formula is C23H28N+. The number of hydrogen-bond donors (Lipinski definition) is 0. The summed E-state index contributed by atoms with van der Waals surface area (Å²) in [5, 5.41) is 2.11. The largest absolute Gasteiger partial charge is 0.220 e. The Kier molecular flexibility index (Phi) is 3.04. The molecule has 1 nitrogen and oxygen atoms in total. The van der Waals surface area contributed by atoms with Gasteiger partial charge in [-0.3, -0.25) is 0 Å². The Balaban J connectivity index is 2.41. The van der Waals surface area contributed by atoms with Gasteiger partial charge in [0, 0.05) is 12.9 Å². The van der Waals surface area contributed by atoms with Crippen molar-refractivity contribution in [3.63, 3.8) is 0 Å². The number of benzene rings is 2. The molecule has 0 aliphatic heterocycles. The van der Waals surface area contributed by atoms with E-state index < -0.39 is 13.2 Å². The monoisotopic (exact) mass is 323 g/mol. The van der Waals surface area contributed by atoms with Crippen LogP contribution in [0.2, 0.25) is 0 Å². The molecule has 0 fully saturated rings. The smallest absolute Gasteiger partial charge is 0.200 e. The fourth-order valence-electron chi connectivity index (χ4n) is 3.31. The van der Waals surface area contributed by atoms with Gasteiger partial charge in [-0.1, -0.05) is 39.0 Å². The number of nitrogens with zero attached hydrogens (tertiary/aromatic N) is 1. The molecule has 124 valence electrons. The van der Waals surface area contributed by atoms with Crippen molar-refractivity contribution in [3.8, 4) is 11.3 Å². The van der Waals surface area contributed by atoms with Crippen LogP contribution in [0.1, 0.15) is 55.8 Å². The summed E-state index contributed by atoms with van der Waals surface area (Å²) in [6.07, 6.45) is 0.331. The number of fused-ring (bicyclic) bond motifs is 1. The average molecular weight is 324 g/mol. The molecule has 0 aliphatic rings. The molecule has 24 heavy (non-hydrogen) atoms. The van der Waals surface area contributed by atoms with Crippen molar-refractivity contribution < 1.29 is 11.4 Å². The van der Waals surface area contributed by atoms with Gasteiger partial charge < -0.3 is 0 Å². The van der Waals surface area contributed by atoms with Crippen molar-refractivity contribution >= 4 is 10.8 Å². The fourth-order valence-corrected chi connectivity index (χ4v) is 3.31. The highest BCUT2D eigenvalue weighted by Crippen LogP contribution is 2.32. The zero-order chi connectivity index (χ0) is 21.7. The Morgan fingerprint density at radius 3 is 2.62 bits per heavy atom. The first-order chi connectivity index (χ1) is 13.3. The lowest BCUT2D eigenvalue weighted by Crippen LogP contribution is -2.31. The normalized spacial score (nSPS) is 15.7. The molecule has 0 amide bonds. The third-order valence-corrected chi connectivity index (χ3v) is 4.76. The summed E-state index contributed by atoms with van der Waals surface area (Å²) in [6, 6.07) is 11.6. The van der Waals surface area contributed by atoms with Gasteiger partial charge in [0.1, 0.15) is 7.05 Å². The molecule has 0 N–H and O–H groups in total. The Morgan fingerprint density at radius 1 is 1.17 bits per heavy atom. The van der Waals surface area contributed by atoms with Gasteiger partial charge in [-0.15, -0.1) is 0 Å². The van der Waals surface area contributed by atoms with Crippen LogP contribution in [-0.2, 0) is 13.4 Å². The highest BCUT2D eigenvalue weighted by Gasteiger charge is 2.19. The highest BCUT2D eigenvalue weighted by molar-refractivity contribution is 5.94. The maximum Gasteiger partial charge on any atom is 0.220 e. The molecule has 3 rings (SSSR count). The zero-order valence-electron chi connectivity index (χ0n) is 20.1. The van der Waals surface area contributed by atoms with Crippen molar-refractivity contribution in [1.29, 1.82) is 0 Å². The molecule has 0 radical (unpaired) electrons. The Hall–Kier alpha value is -2.15. The molecule has 0 spiro atoms. The van der Waals surface area contributed by atoms with E-state index in [0.29, 0.717) is 11.5 Å². The molecule has 0 atom stereocenters. The van der Waals surface area contributed by atoms with Crippen LogP contribution in [0.25, 0.3) is 22.0 Å².